The molecular formula is C47H36N2. The van der Waals surface area contributed by atoms with E-state index in [0.29, 0.717) is 0 Å². The van der Waals surface area contributed by atoms with E-state index in [9.17, 15) is 0 Å². The van der Waals surface area contributed by atoms with E-state index in [1.807, 2.05) is 0 Å². The van der Waals surface area contributed by atoms with E-state index in [-0.39, 0.29) is 5.41 Å². The van der Waals surface area contributed by atoms with Gasteiger partial charge in [-0.2, -0.15) is 0 Å². The van der Waals surface area contributed by atoms with Gasteiger partial charge in [0.15, 0.2) is 0 Å². The minimum Gasteiger partial charge on any atom is -0.341 e. The Morgan fingerprint density at radius 1 is 0.449 bits per heavy atom. The van der Waals surface area contributed by atoms with Crippen molar-refractivity contribution >= 4 is 33.2 Å². The quantitative estimate of drug-likeness (QED) is 0.185. The third kappa shape index (κ3) is 4.14. The molecule has 0 saturated heterocycles. The standard InChI is InChI=1S/C47H36N2/c1-47(2)27-28-48(31-15-4-3-5-16-31)45-30-40-34-19-8-9-22-37(34)46-38(32-17-6-7-18-33(32)39(40)29-41(45)47)23-14-26-44(46)49-42-24-12-10-20-35(42)36-21-11-13-25-43(36)49/h3-26,29-30H,27-28H2,1-2H3. The first-order valence-corrected chi connectivity index (χ1v) is 17.4. The van der Waals surface area contributed by atoms with Crippen LogP contribution < -0.4 is 4.90 Å². The summed E-state index contributed by atoms with van der Waals surface area (Å²) in [5.74, 6) is 0. The van der Waals surface area contributed by atoms with E-state index < -0.39 is 0 Å². The van der Waals surface area contributed by atoms with Crippen molar-refractivity contribution in [3.05, 3.63) is 163 Å². The maximum Gasteiger partial charge on any atom is 0.0547 e. The molecule has 0 unspecified atom stereocenters. The fourth-order valence-electron chi connectivity index (χ4n) is 8.63. The van der Waals surface area contributed by atoms with Crippen LogP contribution in [0.5, 0.6) is 0 Å². The molecule has 1 aromatic heterocycles. The minimum absolute atomic E-state index is 0.0497. The van der Waals surface area contributed by atoms with Gasteiger partial charge in [0.25, 0.3) is 0 Å². The lowest BCUT2D eigenvalue weighted by atomic mass is 9.73. The third-order valence-corrected chi connectivity index (χ3v) is 11.0. The molecule has 49 heavy (non-hydrogen) atoms. The monoisotopic (exact) mass is 628 g/mol. The van der Waals surface area contributed by atoms with Crippen LogP contribution in [0.2, 0.25) is 0 Å². The molecule has 0 radical (unpaired) electrons. The predicted octanol–water partition coefficient (Wildman–Crippen LogP) is 12.6. The summed E-state index contributed by atoms with van der Waals surface area (Å²) in [7, 11) is 0. The largest absolute Gasteiger partial charge is 0.341 e. The number of hydrogen-bond donors (Lipinski definition) is 0. The van der Waals surface area contributed by atoms with Crippen molar-refractivity contribution in [3.8, 4) is 50.2 Å². The van der Waals surface area contributed by atoms with Gasteiger partial charge in [-0.15, -0.1) is 0 Å². The van der Waals surface area contributed by atoms with E-state index >= 15 is 0 Å². The lowest BCUT2D eigenvalue weighted by Gasteiger charge is -2.41. The molecule has 1 aliphatic carbocycles. The summed E-state index contributed by atoms with van der Waals surface area (Å²) >= 11 is 0. The fourth-order valence-corrected chi connectivity index (χ4v) is 8.63. The lowest BCUT2D eigenvalue weighted by molar-refractivity contribution is 0.467. The topological polar surface area (TPSA) is 8.17 Å². The number of aromatic nitrogens is 1. The molecule has 2 nitrogen and oxygen atoms in total. The van der Waals surface area contributed by atoms with Gasteiger partial charge in [0.2, 0.25) is 0 Å². The number of benzene rings is 7. The second-order valence-electron chi connectivity index (χ2n) is 14.2. The van der Waals surface area contributed by atoms with E-state index in [4.69, 9.17) is 0 Å². The molecule has 0 N–H and O–H groups in total. The van der Waals surface area contributed by atoms with Crippen LogP contribution in [0.25, 0.3) is 72.0 Å². The van der Waals surface area contributed by atoms with Crippen LogP contribution in [0.3, 0.4) is 0 Å². The number of anilines is 2. The van der Waals surface area contributed by atoms with Gasteiger partial charge >= 0.3 is 0 Å². The summed E-state index contributed by atoms with van der Waals surface area (Å²) in [5, 5.41) is 2.55. The zero-order valence-corrected chi connectivity index (χ0v) is 27.8. The fraction of sp³-hybridized carbons (Fsp3) is 0.106. The van der Waals surface area contributed by atoms with Crippen molar-refractivity contribution in [1.29, 1.82) is 0 Å². The maximum atomic E-state index is 2.53. The Hall–Kier alpha value is -5.86. The molecule has 0 atom stereocenters. The first-order chi connectivity index (χ1) is 24.1. The zero-order valence-electron chi connectivity index (χ0n) is 27.8. The van der Waals surface area contributed by atoms with Crippen LogP contribution in [-0.2, 0) is 5.41 Å². The summed E-state index contributed by atoms with van der Waals surface area (Å²) in [6.45, 7) is 5.81. The molecule has 8 aromatic rings. The van der Waals surface area contributed by atoms with E-state index in [1.54, 1.807) is 0 Å². The Morgan fingerprint density at radius 3 is 1.67 bits per heavy atom. The van der Waals surface area contributed by atoms with Crippen LogP contribution >= 0.6 is 0 Å². The van der Waals surface area contributed by atoms with E-state index in [0.717, 1.165) is 13.0 Å². The van der Waals surface area contributed by atoms with Crippen molar-refractivity contribution in [2.45, 2.75) is 25.7 Å². The Kier molecular flexibility index (Phi) is 6.08. The Balaban J connectivity index is 1.33. The SMILES string of the molecule is CC1(C)CCN(c2ccccc2)c2cc3c(cc21)-c1ccccc1-c1cccc(-n2c4ccccc4c4ccccc42)c1-c1ccccc1-3. The van der Waals surface area contributed by atoms with Gasteiger partial charge in [0.05, 0.1) is 16.7 Å². The molecule has 7 aromatic carbocycles. The lowest BCUT2D eigenvalue weighted by Crippen LogP contribution is -2.34. The molecule has 1 aliphatic heterocycles. The molecule has 2 heterocycles. The second-order valence-corrected chi connectivity index (χ2v) is 14.2. The molecule has 0 amide bonds. The summed E-state index contributed by atoms with van der Waals surface area (Å²) in [6.07, 6.45) is 1.09. The molecule has 234 valence electrons. The summed E-state index contributed by atoms with van der Waals surface area (Å²) in [6, 6.07) is 58.6. The number of nitrogens with zero attached hydrogens (tertiary/aromatic N) is 2. The highest BCUT2D eigenvalue weighted by Gasteiger charge is 2.35. The average molecular weight is 629 g/mol. The van der Waals surface area contributed by atoms with Crippen molar-refractivity contribution in [2.75, 3.05) is 11.4 Å². The zero-order chi connectivity index (χ0) is 32.7. The molecule has 0 fully saturated rings. The van der Waals surface area contributed by atoms with Crippen LogP contribution in [-0.4, -0.2) is 11.1 Å². The minimum atomic E-state index is 0.0497. The van der Waals surface area contributed by atoms with Gasteiger partial charge in [-0.3, -0.25) is 0 Å². The molecular weight excluding hydrogens is 593 g/mol. The van der Waals surface area contributed by atoms with Crippen LogP contribution in [0.15, 0.2) is 158 Å². The van der Waals surface area contributed by atoms with E-state index in [1.165, 1.54) is 88.9 Å². The highest BCUT2D eigenvalue weighted by molar-refractivity contribution is 6.12. The second kappa shape index (κ2) is 10.6. The van der Waals surface area contributed by atoms with Gasteiger partial charge in [-0.25, -0.2) is 0 Å². The Morgan fingerprint density at radius 2 is 0.980 bits per heavy atom. The molecule has 2 aliphatic rings. The molecule has 2 heteroatoms. The molecule has 10 rings (SSSR count). The van der Waals surface area contributed by atoms with Gasteiger partial charge in [-0.1, -0.05) is 129 Å². The highest BCUT2D eigenvalue weighted by atomic mass is 15.1. The van der Waals surface area contributed by atoms with Crippen LogP contribution in [0.4, 0.5) is 11.4 Å². The average Bonchev–Trinajstić information content (AvgIpc) is 3.48. The van der Waals surface area contributed by atoms with Crippen molar-refractivity contribution in [1.82, 2.24) is 4.57 Å². The first kappa shape index (κ1) is 28.2. The highest BCUT2D eigenvalue weighted by Crippen LogP contribution is 2.54. The Bertz CT molecular complexity index is 2530. The van der Waals surface area contributed by atoms with Gasteiger partial charge in [0, 0.05) is 34.3 Å². The van der Waals surface area contributed by atoms with E-state index in [2.05, 4.69) is 181 Å². The van der Waals surface area contributed by atoms with Crippen molar-refractivity contribution in [2.24, 2.45) is 0 Å². The molecule has 0 bridgehead atoms. The third-order valence-electron chi connectivity index (χ3n) is 11.0. The van der Waals surface area contributed by atoms with Gasteiger partial charge in [-0.05, 0) is 98.8 Å². The Labute approximate surface area is 287 Å². The van der Waals surface area contributed by atoms with Crippen molar-refractivity contribution < 1.29 is 0 Å². The van der Waals surface area contributed by atoms with Crippen LogP contribution in [0.1, 0.15) is 25.8 Å². The molecule has 0 spiro atoms. The van der Waals surface area contributed by atoms with Crippen LogP contribution in [0, 0.1) is 0 Å². The van der Waals surface area contributed by atoms with Gasteiger partial charge < -0.3 is 9.47 Å². The number of para-hydroxylation sites is 3. The predicted molar refractivity (Wildman–Crippen MR) is 207 cm³/mol. The van der Waals surface area contributed by atoms with Gasteiger partial charge in [0.1, 0.15) is 0 Å². The first-order valence-electron chi connectivity index (χ1n) is 17.4. The number of rotatable bonds is 2. The summed E-state index contributed by atoms with van der Waals surface area (Å²) in [5.41, 5.74) is 17.8. The number of hydrogen-bond acceptors (Lipinski definition) is 1. The summed E-state index contributed by atoms with van der Waals surface area (Å²) < 4.78 is 2.48. The normalized spacial score (nSPS) is 14.3. The summed E-state index contributed by atoms with van der Waals surface area (Å²) in [4.78, 5) is 2.53. The number of fused-ring (bicyclic) bond motifs is 12. The molecule has 0 saturated carbocycles. The maximum absolute atomic E-state index is 2.53. The smallest absolute Gasteiger partial charge is 0.0547 e. The van der Waals surface area contributed by atoms with Crippen molar-refractivity contribution in [3.63, 3.8) is 0 Å².